The van der Waals surface area contributed by atoms with Crippen LogP contribution in [0.25, 0.3) is 0 Å². The molecule has 178 valence electrons. The second-order valence-electron chi connectivity index (χ2n) is 7.89. The highest BCUT2D eigenvalue weighted by molar-refractivity contribution is 6.30. The lowest BCUT2D eigenvalue weighted by molar-refractivity contribution is -0.144. The predicted octanol–water partition coefficient (Wildman–Crippen LogP) is 4.91. The Kier molecular flexibility index (Phi) is 6.77. The summed E-state index contributed by atoms with van der Waals surface area (Å²) >= 11 is 12.0. The first kappa shape index (κ1) is 24.3. The van der Waals surface area contributed by atoms with Crippen LogP contribution < -0.4 is 10.6 Å². The van der Waals surface area contributed by atoms with Crippen molar-refractivity contribution >= 4 is 58.3 Å². The van der Waals surface area contributed by atoms with Crippen molar-refractivity contribution < 1.29 is 24.3 Å². The van der Waals surface area contributed by atoms with Gasteiger partial charge in [0.2, 0.25) is 5.91 Å². The fourth-order valence-corrected chi connectivity index (χ4v) is 4.24. The first-order chi connectivity index (χ1) is 16.7. The van der Waals surface area contributed by atoms with E-state index >= 15 is 0 Å². The van der Waals surface area contributed by atoms with Crippen LogP contribution >= 0.6 is 23.2 Å². The van der Waals surface area contributed by atoms with E-state index in [0.717, 1.165) is 4.90 Å². The van der Waals surface area contributed by atoms with E-state index in [-0.39, 0.29) is 22.7 Å². The predicted molar refractivity (Wildman–Crippen MR) is 132 cm³/mol. The summed E-state index contributed by atoms with van der Waals surface area (Å²) in [4.78, 5) is 52.6. The molecule has 2 atom stereocenters. The highest BCUT2D eigenvalue weighted by Gasteiger charge is 2.44. The Morgan fingerprint density at radius 3 is 2.14 bits per heavy atom. The summed E-state index contributed by atoms with van der Waals surface area (Å²) in [5, 5.41) is 16.4. The standard InChI is InChI=1S/C25H19Cl2N3O5/c1-13(31)28-18-10-11-20-19(12-18)24(33)30(22(25(34)35)15-4-8-17(27)9-5-15)21(23(32)29-20)14-2-6-16(26)7-3-14/h2-12,21-22H,1H3,(H,28,31)(H,29,32)(H,34,35)/t21-,22-/m0/s1. The smallest absolute Gasteiger partial charge is 0.331 e. The largest absolute Gasteiger partial charge is 0.479 e. The van der Waals surface area contributed by atoms with E-state index in [1.807, 2.05) is 0 Å². The number of aliphatic carboxylic acids is 1. The number of hydrogen-bond donors (Lipinski definition) is 3. The van der Waals surface area contributed by atoms with Crippen LogP contribution in [-0.4, -0.2) is 33.7 Å². The van der Waals surface area contributed by atoms with E-state index in [1.54, 1.807) is 24.3 Å². The monoisotopic (exact) mass is 511 g/mol. The number of carbonyl (C=O) groups is 4. The summed E-state index contributed by atoms with van der Waals surface area (Å²) in [5.74, 6) is -3.01. The molecular formula is C25H19Cl2N3O5. The van der Waals surface area contributed by atoms with Crippen molar-refractivity contribution in [3.05, 3.63) is 93.5 Å². The van der Waals surface area contributed by atoms with Crippen LogP contribution in [0, 0.1) is 0 Å². The molecule has 3 N–H and O–H groups in total. The lowest BCUT2D eigenvalue weighted by Crippen LogP contribution is -2.44. The molecule has 0 spiro atoms. The van der Waals surface area contributed by atoms with Gasteiger partial charge in [0.05, 0.1) is 11.3 Å². The molecule has 0 fully saturated rings. The van der Waals surface area contributed by atoms with Crippen molar-refractivity contribution in [3.63, 3.8) is 0 Å². The van der Waals surface area contributed by atoms with Crippen molar-refractivity contribution in [2.24, 2.45) is 0 Å². The van der Waals surface area contributed by atoms with Gasteiger partial charge in [0.15, 0.2) is 6.04 Å². The molecule has 0 radical (unpaired) electrons. The fraction of sp³-hybridized carbons (Fsp3) is 0.120. The van der Waals surface area contributed by atoms with Gasteiger partial charge in [-0.15, -0.1) is 0 Å². The number of rotatable bonds is 5. The Labute approximate surface area is 210 Å². The second kappa shape index (κ2) is 9.77. The lowest BCUT2D eigenvalue weighted by Gasteiger charge is -2.34. The molecule has 0 saturated heterocycles. The topological polar surface area (TPSA) is 116 Å². The maximum Gasteiger partial charge on any atom is 0.331 e. The van der Waals surface area contributed by atoms with E-state index in [4.69, 9.17) is 23.2 Å². The summed E-state index contributed by atoms with van der Waals surface area (Å²) in [7, 11) is 0. The van der Waals surface area contributed by atoms with Crippen molar-refractivity contribution in [1.29, 1.82) is 0 Å². The average Bonchev–Trinajstić information content (AvgIpc) is 2.90. The van der Waals surface area contributed by atoms with Crippen LogP contribution in [0.5, 0.6) is 0 Å². The van der Waals surface area contributed by atoms with Gasteiger partial charge in [0.1, 0.15) is 6.04 Å². The number of carboxylic acid groups (broad SMARTS) is 1. The van der Waals surface area contributed by atoms with Gasteiger partial charge in [-0.2, -0.15) is 0 Å². The zero-order chi connectivity index (χ0) is 25.3. The molecule has 3 aromatic carbocycles. The number of fused-ring (bicyclic) bond motifs is 1. The molecule has 4 rings (SSSR count). The molecular weight excluding hydrogens is 493 g/mol. The minimum atomic E-state index is -1.53. The van der Waals surface area contributed by atoms with Crippen LogP contribution in [-0.2, 0) is 14.4 Å². The van der Waals surface area contributed by atoms with E-state index in [2.05, 4.69) is 10.6 Å². The number of carbonyl (C=O) groups excluding carboxylic acids is 3. The van der Waals surface area contributed by atoms with Crippen LogP contribution in [0.3, 0.4) is 0 Å². The average molecular weight is 512 g/mol. The van der Waals surface area contributed by atoms with Crippen molar-refractivity contribution in [2.75, 3.05) is 10.6 Å². The molecule has 3 amide bonds. The van der Waals surface area contributed by atoms with Crippen molar-refractivity contribution in [2.45, 2.75) is 19.0 Å². The molecule has 0 aromatic heterocycles. The first-order valence-corrected chi connectivity index (χ1v) is 11.2. The molecule has 1 aliphatic rings. The molecule has 0 saturated carbocycles. The summed E-state index contributed by atoms with van der Waals surface area (Å²) in [5.41, 5.74) is 1.16. The molecule has 0 bridgehead atoms. The van der Waals surface area contributed by atoms with Gasteiger partial charge in [0, 0.05) is 22.7 Å². The maximum atomic E-state index is 14.0. The van der Waals surface area contributed by atoms with Gasteiger partial charge >= 0.3 is 5.97 Å². The molecule has 0 unspecified atom stereocenters. The summed E-state index contributed by atoms with van der Waals surface area (Å²) in [6, 6.07) is 13.8. The molecule has 1 heterocycles. The summed E-state index contributed by atoms with van der Waals surface area (Å²) < 4.78 is 0. The van der Waals surface area contributed by atoms with Crippen molar-refractivity contribution in [1.82, 2.24) is 4.90 Å². The number of halogens is 2. The number of nitrogens with zero attached hydrogens (tertiary/aromatic N) is 1. The van der Waals surface area contributed by atoms with Gasteiger partial charge < -0.3 is 20.6 Å². The minimum Gasteiger partial charge on any atom is -0.479 e. The normalized spacial score (nSPS) is 16.1. The molecule has 3 aromatic rings. The maximum absolute atomic E-state index is 14.0. The van der Waals surface area contributed by atoms with Crippen molar-refractivity contribution in [3.8, 4) is 0 Å². The molecule has 10 heteroatoms. The van der Waals surface area contributed by atoms with E-state index in [1.165, 1.54) is 49.4 Å². The number of anilines is 2. The van der Waals surface area contributed by atoms with E-state index < -0.39 is 29.9 Å². The van der Waals surface area contributed by atoms with Crippen LogP contribution in [0.4, 0.5) is 11.4 Å². The highest BCUT2D eigenvalue weighted by Crippen LogP contribution is 2.39. The van der Waals surface area contributed by atoms with Gasteiger partial charge in [-0.25, -0.2) is 4.79 Å². The quantitative estimate of drug-likeness (QED) is 0.449. The third-order valence-electron chi connectivity index (χ3n) is 5.47. The third kappa shape index (κ3) is 4.99. The van der Waals surface area contributed by atoms with E-state index in [9.17, 15) is 24.3 Å². The summed E-state index contributed by atoms with van der Waals surface area (Å²) in [6.45, 7) is 1.32. The molecule has 1 aliphatic heterocycles. The number of nitrogens with one attached hydrogen (secondary N) is 2. The van der Waals surface area contributed by atoms with Gasteiger partial charge in [-0.3, -0.25) is 14.4 Å². The first-order valence-electron chi connectivity index (χ1n) is 10.4. The Bertz CT molecular complexity index is 1330. The Morgan fingerprint density at radius 1 is 0.971 bits per heavy atom. The number of carboxylic acids is 1. The zero-order valence-electron chi connectivity index (χ0n) is 18.3. The highest BCUT2D eigenvalue weighted by atomic mass is 35.5. The SMILES string of the molecule is CC(=O)Nc1ccc2c(c1)C(=O)N([C@H](C(=O)O)c1ccc(Cl)cc1)[C@@H](c1ccc(Cl)cc1)C(=O)N2. The number of hydrogen-bond acceptors (Lipinski definition) is 4. The Hall–Kier alpha value is -3.88. The fourth-order valence-electron chi connectivity index (χ4n) is 3.99. The number of benzene rings is 3. The lowest BCUT2D eigenvalue weighted by atomic mass is 9.97. The Morgan fingerprint density at radius 2 is 1.57 bits per heavy atom. The zero-order valence-corrected chi connectivity index (χ0v) is 19.8. The number of amides is 3. The minimum absolute atomic E-state index is 0.0290. The molecule has 8 nitrogen and oxygen atoms in total. The molecule has 0 aliphatic carbocycles. The van der Waals surface area contributed by atoms with E-state index in [0.29, 0.717) is 21.3 Å². The van der Waals surface area contributed by atoms with Gasteiger partial charge in [0.25, 0.3) is 11.8 Å². The summed E-state index contributed by atoms with van der Waals surface area (Å²) in [6.07, 6.45) is 0. The Balaban J connectivity index is 1.93. The van der Waals surface area contributed by atoms with Crippen LogP contribution in [0.15, 0.2) is 66.7 Å². The third-order valence-corrected chi connectivity index (χ3v) is 5.98. The van der Waals surface area contributed by atoms with Crippen LogP contribution in [0.2, 0.25) is 10.0 Å². The van der Waals surface area contributed by atoms with Gasteiger partial charge in [-0.05, 0) is 53.6 Å². The second-order valence-corrected chi connectivity index (χ2v) is 8.76. The van der Waals surface area contributed by atoms with Gasteiger partial charge in [-0.1, -0.05) is 47.5 Å². The van der Waals surface area contributed by atoms with Crippen LogP contribution in [0.1, 0.15) is 40.5 Å². The molecule has 35 heavy (non-hydrogen) atoms.